The molecule has 0 heterocycles. The monoisotopic (exact) mass is 201 g/mol. The molecule has 0 unspecified atom stereocenters. The van der Waals surface area contributed by atoms with E-state index in [0.717, 1.165) is 32.1 Å². The van der Waals surface area contributed by atoms with Crippen molar-refractivity contribution in [2.75, 3.05) is 40.0 Å². The van der Waals surface area contributed by atoms with Gasteiger partial charge in [-0.2, -0.15) is 0 Å². The molecule has 14 heavy (non-hydrogen) atoms. The van der Waals surface area contributed by atoms with Gasteiger partial charge in [0.05, 0.1) is 13.2 Å². The van der Waals surface area contributed by atoms with Crippen molar-refractivity contribution in [3.63, 3.8) is 0 Å². The van der Waals surface area contributed by atoms with Crippen LogP contribution in [-0.2, 0) is 9.47 Å². The highest BCUT2D eigenvalue weighted by Crippen LogP contribution is 2.24. The molecule has 3 heteroatoms. The second kappa shape index (κ2) is 8.21. The van der Waals surface area contributed by atoms with Crippen molar-refractivity contribution in [3.8, 4) is 0 Å². The zero-order valence-corrected chi connectivity index (χ0v) is 9.26. The van der Waals surface area contributed by atoms with Gasteiger partial charge in [-0.15, -0.1) is 0 Å². The highest BCUT2D eigenvalue weighted by Gasteiger charge is 2.15. The van der Waals surface area contributed by atoms with E-state index in [4.69, 9.17) is 9.47 Å². The predicted octanol–water partition coefficient (Wildman–Crippen LogP) is 1.43. The molecule has 0 atom stereocenters. The predicted molar refractivity (Wildman–Crippen MR) is 57.5 cm³/mol. The zero-order valence-electron chi connectivity index (χ0n) is 9.26. The van der Waals surface area contributed by atoms with E-state index >= 15 is 0 Å². The lowest BCUT2D eigenvalue weighted by Gasteiger charge is -2.25. The van der Waals surface area contributed by atoms with Gasteiger partial charge in [0.1, 0.15) is 0 Å². The average Bonchev–Trinajstić information content (AvgIpc) is 2.13. The Hall–Kier alpha value is -0.120. The third kappa shape index (κ3) is 5.58. The van der Waals surface area contributed by atoms with Crippen molar-refractivity contribution in [3.05, 3.63) is 0 Å². The Labute approximate surface area is 87.2 Å². The van der Waals surface area contributed by atoms with Crippen molar-refractivity contribution in [2.24, 2.45) is 5.92 Å². The topological polar surface area (TPSA) is 30.5 Å². The van der Waals surface area contributed by atoms with Crippen molar-refractivity contribution in [2.45, 2.75) is 25.7 Å². The van der Waals surface area contributed by atoms with E-state index in [1.807, 2.05) is 0 Å². The SMILES string of the molecule is COCCOCCCNCC1CCC1. The number of ether oxygens (including phenoxy) is 2. The number of nitrogens with one attached hydrogen (secondary N) is 1. The summed E-state index contributed by atoms with van der Waals surface area (Å²) >= 11 is 0. The van der Waals surface area contributed by atoms with E-state index < -0.39 is 0 Å². The molecule has 0 amide bonds. The van der Waals surface area contributed by atoms with Gasteiger partial charge in [-0.25, -0.2) is 0 Å². The first-order valence-electron chi connectivity index (χ1n) is 5.71. The molecule has 1 saturated carbocycles. The standard InChI is InChI=1S/C11H23NO2/c1-13-8-9-14-7-3-6-12-10-11-4-2-5-11/h11-12H,2-10H2,1H3. The van der Waals surface area contributed by atoms with Gasteiger partial charge < -0.3 is 14.8 Å². The fourth-order valence-electron chi connectivity index (χ4n) is 1.55. The van der Waals surface area contributed by atoms with E-state index in [1.165, 1.54) is 25.8 Å². The minimum Gasteiger partial charge on any atom is -0.382 e. The summed E-state index contributed by atoms with van der Waals surface area (Å²) in [5, 5.41) is 3.47. The Morgan fingerprint density at radius 3 is 2.71 bits per heavy atom. The lowest BCUT2D eigenvalue weighted by molar-refractivity contribution is 0.0693. The fraction of sp³-hybridized carbons (Fsp3) is 1.00. The molecule has 0 radical (unpaired) electrons. The van der Waals surface area contributed by atoms with Crippen molar-refractivity contribution >= 4 is 0 Å². The van der Waals surface area contributed by atoms with Crippen LogP contribution >= 0.6 is 0 Å². The largest absolute Gasteiger partial charge is 0.382 e. The fourth-order valence-corrected chi connectivity index (χ4v) is 1.55. The van der Waals surface area contributed by atoms with Gasteiger partial charge in [0.2, 0.25) is 0 Å². The lowest BCUT2D eigenvalue weighted by atomic mass is 9.85. The summed E-state index contributed by atoms with van der Waals surface area (Å²) < 4.78 is 10.2. The van der Waals surface area contributed by atoms with Crippen LogP contribution < -0.4 is 5.32 Å². The summed E-state index contributed by atoms with van der Waals surface area (Å²) in [7, 11) is 1.70. The molecule has 0 aromatic rings. The molecule has 1 aliphatic carbocycles. The molecule has 1 aliphatic rings. The molecule has 0 spiro atoms. The molecular weight excluding hydrogens is 178 g/mol. The van der Waals surface area contributed by atoms with Gasteiger partial charge in [0, 0.05) is 13.7 Å². The Kier molecular flexibility index (Phi) is 7.01. The summed E-state index contributed by atoms with van der Waals surface area (Å²) in [6, 6.07) is 0. The van der Waals surface area contributed by atoms with Crippen LogP contribution in [0, 0.1) is 5.92 Å². The summed E-state index contributed by atoms with van der Waals surface area (Å²) in [5.74, 6) is 0.962. The maximum absolute atomic E-state index is 5.36. The minimum atomic E-state index is 0.704. The van der Waals surface area contributed by atoms with Gasteiger partial charge in [0.15, 0.2) is 0 Å². The van der Waals surface area contributed by atoms with Crippen LogP contribution in [0.1, 0.15) is 25.7 Å². The minimum absolute atomic E-state index is 0.704. The summed E-state index contributed by atoms with van der Waals surface area (Å²) in [5.41, 5.74) is 0. The molecule has 0 aromatic heterocycles. The molecule has 3 nitrogen and oxygen atoms in total. The average molecular weight is 201 g/mol. The van der Waals surface area contributed by atoms with Gasteiger partial charge in [-0.3, -0.25) is 0 Å². The second-order valence-electron chi connectivity index (χ2n) is 3.96. The molecule has 1 rings (SSSR count). The Bertz CT molecular complexity index is 126. The van der Waals surface area contributed by atoms with Gasteiger partial charge in [-0.05, 0) is 38.3 Å². The molecule has 84 valence electrons. The summed E-state index contributed by atoms with van der Waals surface area (Å²) in [4.78, 5) is 0. The first kappa shape index (κ1) is 12.0. The van der Waals surface area contributed by atoms with Crippen LogP contribution in [0.4, 0.5) is 0 Å². The molecular formula is C11H23NO2. The van der Waals surface area contributed by atoms with E-state index in [0.29, 0.717) is 6.61 Å². The van der Waals surface area contributed by atoms with Crippen molar-refractivity contribution < 1.29 is 9.47 Å². The molecule has 0 bridgehead atoms. The highest BCUT2D eigenvalue weighted by atomic mass is 16.5. The van der Waals surface area contributed by atoms with Crippen molar-refractivity contribution in [1.29, 1.82) is 0 Å². The first-order valence-corrected chi connectivity index (χ1v) is 5.71. The number of methoxy groups -OCH3 is 1. The highest BCUT2D eigenvalue weighted by molar-refractivity contribution is 4.71. The maximum Gasteiger partial charge on any atom is 0.0700 e. The second-order valence-corrected chi connectivity index (χ2v) is 3.96. The summed E-state index contributed by atoms with van der Waals surface area (Å²) in [6.45, 7) is 4.57. The smallest absolute Gasteiger partial charge is 0.0700 e. The Morgan fingerprint density at radius 2 is 2.07 bits per heavy atom. The third-order valence-corrected chi connectivity index (χ3v) is 2.73. The first-order chi connectivity index (χ1) is 6.93. The van der Waals surface area contributed by atoms with Gasteiger partial charge >= 0.3 is 0 Å². The van der Waals surface area contributed by atoms with E-state index in [2.05, 4.69) is 5.32 Å². The summed E-state index contributed by atoms with van der Waals surface area (Å²) in [6.07, 6.45) is 5.40. The lowest BCUT2D eigenvalue weighted by Crippen LogP contribution is -2.28. The molecule has 1 N–H and O–H groups in total. The van der Waals surface area contributed by atoms with Gasteiger partial charge in [0.25, 0.3) is 0 Å². The number of rotatable bonds is 9. The van der Waals surface area contributed by atoms with Crippen molar-refractivity contribution in [1.82, 2.24) is 5.32 Å². The Balaban J connectivity index is 1.67. The molecule has 0 aromatic carbocycles. The van der Waals surface area contributed by atoms with Crippen LogP contribution in [0.2, 0.25) is 0 Å². The molecule has 0 aliphatic heterocycles. The molecule has 1 fully saturated rings. The normalized spacial score (nSPS) is 16.9. The van der Waals surface area contributed by atoms with Crippen LogP contribution in [0.15, 0.2) is 0 Å². The van der Waals surface area contributed by atoms with E-state index in [1.54, 1.807) is 7.11 Å². The van der Waals surface area contributed by atoms with Crippen LogP contribution in [-0.4, -0.2) is 40.0 Å². The Morgan fingerprint density at radius 1 is 1.21 bits per heavy atom. The van der Waals surface area contributed by atoms with E-state index in [-0.39, 0.29) is 0 Å². The van der Waals surface area contributed by atoms with Crippen LogP contribution in [0.25, 0.3) is 0 Å². The van der Waals surface area contributed by atoms with Gasteiger partial charge in [-0.1, -0.05) is 6.42 Å². The van der Waals surface area contributed by atoms with Crippen LogP contribution in [0.3, 0.4) is 0 Å². The van der Waals surface area contributed by atoms with E-state index in [9.17, 15) is 0 Å². The number of hydrogen-bond donors (Lipinski definition) is 1. The van der Waals surface area contributed by atoms with Crippen LogP contribution in [0.5, 0.6) is 0 Å². The molecule has 0 saturated heterocycles. The number of hydrogen-bond acceptors (Lipinski definition) is 3. The zero-order chi connectivity index (χ0) is 10.1. The quantitative estimate of drug-likeness (QED) is 0.572. The maximum atomic E-state index is 5.36. The third-order valence-electron chi connectivity index (χ3n) is 2.73.